The Morgan fingerprint density at radius 1 is 1.15 bits per heavy atom. The number of nitrogens with one attached hydrogen (secondary N) is 1. The standard InChI is InChI=1S/C17H26N2O/c1-14(2)20-16-7-5-15(6-8-16)19-12-11-18-17(13-19)9-3-4-10-17/h5-8,14,18H,3-4,9-13H2,1-2H3. The van der Waals surface area contributed by atoms with E-state index in [1.54, 1.807) is 0 Å². The van der Waals surface area contributed by atoms with E-state index in [1.165, 1.54) is 31.4 Å². The molecular formula is C17H26N2O. The predicted molar refractivity (Wildman–Crippen MR) is 83.6 cm³/mol. The zero-order valence-corrected chi connectivity index (χ0v) is 12.7. The van der Waals surface area contributed by atoms with Gasteiger partial charge in [-0.2, -0.15) is 0 Å². The summed E-state index contributed by atoms with van der Waals surface area (Å²) in [6.45, 7) is 7.48. The van der Waals surface area contributed by atoms with Crippen molar-refractivity contribution in [2.75, 3.05) is 24.5 Å². The topological polar surface area (TPSA) is 24.5 Å². The number of piperazine rings is 1. The zero-order chi connectivity index (χ0) is 14.0. The van der Waals surface area contributed by atoms with Gasteiger partial charge in [0.05, 0.1) is 6.10 Å². The molecule has 0 aromatic heterocycles. The van der Waals surface area contributed by atoms with Gasteiger partial charge in [0.1, 0.15) is 5.75 Å². The lowest BCUT2D eigenvalue weighted by Gasteiger charge is -2.42. The summed E-state index contributed by atoms with van der Waals surface area (Å²) < 4.78 is 5.72. The minimum absolute atomic E-state index is 0.238. The Bertz CT molecular complexity index is 435. The second-order valence-electron chi connectivity index (χ2n) is 6.50. The van der Waals surface area contributed by atoms with Gasteiger partial charge in [-0.15, -0.1) is 0 Å². The lowest BCUT2D eigenvalue weighted by Crippen LogP contribution is -2.59. The van der Waals surface area contributed by atoms with Gasteiger partial charge >= 0.3 is 0 Å². The Hall–Kier alpha value is -1.22. The minimum atomic E-state index is 0.238. The number of benzene rings is 1. The molecule has 1 heterocycles. The molecule has 3 heteroatoms. The number of anilines is 1. The first-order valence-electron chi connectivity index (χ1n) is 7.94. The normalized spacial score (nSPS) is 21.6. The summed E-state index contributed by atoms with van der Waals surface area (Å²) >= 11 is 0. The molecule has 0 atom stereocenters. The lowest BCUT2D eigenvalue weighted by atomic mass is 9.94. The van der Waals surface area contributed by atoms with Crippen molar-refractivity contribution < 1.29 is 4.74 Å². The van der Waals surface area contributed by atoms with Crippen molar-refractivity contribution in [3.8, 4) is 5.75 Å². The van der Waals surface area contributed by atoms with Crippen LogP contribution in [-0.4, -0.2) is 31.3 Å². The molecule has 0 unspecified atom stereocenters. The van der Waals surface area contributed by atoms with Crippen molar-refractivity contribution in [1.82, 2.24) is 5.32 Å². The number of hydrogen-bond acceptors (Lipinski definition) is 3. The third kappa shape index (κ3) is 2.93. The summed E-state index contributed by atoms with van der Waals surface area (Å²) in [4.78, 5) is 2.53. The Morgan fingerprint density at radius 2 is 1.85 bits per heavy atom. The van der Waals surface area contributed by atoms with E-state index < -0.39 is 0 Å². The SMILES string of the molecule is CC(C)Oc1ccc(N2CCNC3(CCCC3)C2)cc1. The summed E-state index contributed by atoms with van der Waals surface area (Å²) in [5, 5.41) is 3.77. The first-order chi connectivity index (χ1) is 9.67. The quantitative estimate of drug-likeness (QED) is 0.916. The number of ether oxygens (including phenoxy) is 1. The molecule has 110 valence electrons. The number of nitrogens with zero attached hydrogens (tertiary/aromatic N) is 1. The molecule has 0 radical (unpaired) electrons. The van der Waals surface area contributed by atoms with E-state index in [0.717, 1.165) is 25.4 Å². The van der Waals surface area contributed by atoms with Crippen molar-refractivity contribution in [1.29, 1.82) is 0 Å². The minimum Gasteiger partial charge on any atom is -0.491 e. The van der Waals surface area contributed by atoms with Gasteiger partial charge in [-0.3, -0.25) is 0 Å². The van der Waals surface area contributed by atoms with Crippen LogP contribution in [0.2, 0.25) is 0 Å². The van der Waals surface area contributed by atoms with E-state index in [1.807, 2.05) is 0 Å². The second kappa shape index (κ2) is 5.65. The zero-order valence-electron chi connectivity index (χ0n) is 12.7. The van der Waals surface area contributed by atoms with Gasteiger partial charge in [0, 0.05) is 30.9 Å². The highest BCUT2D eigenvalue weighted by molar-refractivity contribution is 5.50. The summed E-state index contributed by atoms with van der Waals surface area (Å²) in [5.74, 6) is 0.967. The van der Waals surface area contributed by atoms with Crippen LogP contribution in [0.3, 0.4) is 0 Å². The molecule has 1 N–H and O–H groups in total. The molecule has 1 saturated carbocycles. The van der Waals surface area contributed by atoms with Crippen LogP contribution in [0.1, 0.15) is 39.5 Å². The molecule has 1 aliphatic carbocycles. The molecule has 1 aliphatic heterocycles. The average Bonchev–Trinajstić information content (AvgIpc) is 2.87. The molecule has 2 fully saturated rings. The largest absolute Gasteiger partial charge is 0.491 e. The molecule has 3 rings (SSSR count). The van der Waals surface area contributed by atoms with Gasteiger partial charge in [-0.25, -0.2) is 0 Å². The summed E-state index contributed by atoms with van der Waals surface area (Å²) in [7, 11) is 0. The average molecular weight is 274 g/mol. The smallest absolute Gasteiger partial charge is 0.119 e. The Morgan fingerprint density at radius 3 is 2.50 bits per heavy atom. The van der Waals surface area contributed by atoms with Gasteiger partial charge in [-0.05, 0) is 51.0 Å². The van der Waals surface area contributed by atoms with Gasteiger partial charge in [0.25, 0.3) is 0 Å². The van der Waals surface area contributed by atoms with Crippen molar-refractivity contribution in [3.05, 3.63) is 24.3 Å². The third-order valence-electron chi connectivity index (χ3n) is 4.51. The molecule has 20 heavy (non-hydrogen) atoms. The van der Waals surface area contributed by atoms with E-state index in [0.29, 0.717) is 5.54 Å². The third-order valence-corrected chi connectivity index (χ3v) is 4.51. The monoisotopic (exact) mass is 274 g/mol. The number of rotatable bonds is 3. The fraction of sp³-hybridized carbons (Fsp3) is 0.647. The van der Waals surface area contributed by atoms with E-state index >= 15 is 0 Å². The van der Waals surface area contributed by atoms with E-state index in [4.69, 9.17) is 4.74 Å². The van der Waals surface area contributed by atoms with Crippen molar-refractivity contribution in [3.63, 3.8) is 0 Å². The molecule has 0 amide bonds. The lowest BCUT2D eigenvalue weighted by molar-refractivity contribution is 0.242. The van der Waals surface area contributed by atoms with Crippen molar-refractivity contribution in [2.24, 2.45) is 0 Å². The van der Waals surface area contributed by atoms with Gasteiger partial charge in [0.15, 0.2) is 0 Å². The van der Waals surface area contributed by atoms with Crippen LogP contribution in [0.4, 0.5) is 5.69 Å². The Labute approximate surface area is 122 Å². The highest BCUT2D eigenvalue weighted by atomic mass is 16.5. The van der Waals surface area contributed by atoms with Crippen LogP contribution in [0.25, 0.3) is 0 Å². The van der Waals surface area contributed by atoms with Crippen molar-refractivity contribution >= 4 is 5.69 Å². The highest BCUT2D eigenvalue weighted by Crippen LogP contribution is 2.33. The Balaban J connectivity index is 1.69. The number of hydrogen-bond donors (Lipinski definition) is 1. The van der Waals surface area contributed by atoms with Crippen LogP contribution < -0.4 is 15.0 Å². The van der Waals surface area contributed by atoms with Crippen molar-refractivity contribution in [2.45, 2.75) is 51.2 Å². The van der Waals surface area contributed by atoms with Crippen LogP contribution in [-0.2, 0) is 0 Å². The predicted octanol–water partition coefficient (Wildman–Crippen LogP) is 3.20. The summed E-state index contributed by atoms with van der Waals surface area (Å²) in [6.07, 6.45) is 5.65. The van der Waals surface area contributed by atoms with E-state index in [9.17, 15) is 0 Å². The first-order valence-corrected chi connectivity index (χ1v) is 7.94. The van der Waals surface area contributed by atoms with E-state index in [2.05, 4.69) is 48.3 Å². The first kappa shape index (κ1) is 13.7. The molecule has 3 nitrogen and oxygen atoms in total. The van der Waals surface area contributed by atoms with E-state index in [-0.39, 0.29) is 6.10 Å². The molecule has 1 saturated heterocycles. The van der Waals surface area contributed by atoms with Crippen LogP contribution >= 0.6 is 0 Å². The van der Waals surface area contributed by atoms with Gasteiger partial charge in [-0.1, -0.05) is 12.8 Å². The van der Waals surface area contributed by atoms with Gasteiger partial charge < -0.3 is 15.0 Å². The highest BCUT2D eigenvalue weighted by Gasteiger charge is 2.37. The summed E-state index contributed by atoms with van der Waals surface area (Å²) in [6, 6.07) is 8.59. The maximum Gasteiger partial charge on any atom is 0.119 e. The maximum atomic E-state index is 5.72. The molecule has 2 aliphatic rings. The van der Waals surface area contributed by atoms with Gasteiger partial charge in [0.2, 0.25) is 0 Å². The fourth-order valence-electron chi connectivity index (χ4n) is 3.57. The van der Waals surface area contributed by atoms with Crippen LogP contribution in [0, 0.1) is 0 Å². The second-order valence-corrected chi connectivity index (χ2v) is 6.50. The molecule has 1 aromatic carbocycles. The summed E-state index contributed by atoms with van der Waals surface area (Å²) in [5.41, 5.74) is 1.71. The molecule has 1 aromatic rings. The molecule has 1 spiro atoms. The van der Waals surface area contributed by atoms with Crippen LogP contribution in [0.15, 0.2) is 24.3 Å². The Kier molecular flexibility index (Phi) is 3.88. The molecular weight excluding hydrogens is 248 g/mol. The molecule has 0 bridgehead atoms. The van der Waals surface area contributed by atoms with Crippen LogP contribution in [0.5, 0.6) is 5.75 Å². The fourth-order valence-corrected chi connectivity index (χ4v) is 3.57. The maximum absolute atomic E-state index is 5.72.